The van der Waals surface area contributed by atoms with E-state index in [0.717, 1.165) is 38.5 Å². The molecule has 1 aromatic carbocycles. The van der Waals surface area contributed by atoms with Crippen LogP contribution in [0.15, 0.2) is 18.2 Å². The number of rotatable bonds is 34. The van der Waals surface area contributed by atoms with Gasteiger partial charge >= 0.3 is 0 Å². The molecule has 0 radical (unpaired) electrons. The van der Waals surface area contributed by atoms with Gasteiger partial charge in [-0.15, -0.1) is 0 Å². The van der Waals surface area contributed by atoms with E-state index in [4.69, 9.17) is 4.74 Å². The summed E-state index contributed by atoms with van der Waals surface area (Å²) < 4.78 is 6.15. The van der Waals surface area contributed by atoms with Crippen molar-refractivity contribution in [3.05, 3.63) is 29.3 Å². The van der Waals surface area contributed by atoms with Gasteiger partial charge in [-0.2, -0.15) is 0 Å². The van der Waals surface area contributed by atoms with Crippen molar-refractivity contribution in [1.82, 2.24) is 10.6 Å². The molecular formula is C42H76N2O3. The van der Waals surface area contributed by atoms with E-state index in [1.165, 1.54) is 141 Å². The molecule has 0 aliphatic rings. The molecule has 0 aliphatic heterocycles. The molecule has 5 nitrogen and oxygen atoms in total. The van der Waals surface area contributed by atoms with Crippen LogP contribution in [0.4, 0.5) is 0 Å². The molecule has 0 atom stereocenters. The van der Waals surface area contributed by atoms with Crippen molar-refractivity contribution in [1.29, 1.82) is 0 Å². The fourth-order valence-corrected chi connectivity index (χ4v) is 6.21. The van der Waals surface area contributed by atoms with E-state index in [0.29, 0.717) is 36.6 Å². The van der Waals surface area contributed by atoms with Crippen LogP contribution < -0.4 is 15.4 Å². The predicted octanol–water partition coefficient (Wildman–Crippen LogP) is 12.5. The van der Waals surface area contributed by atoms with Crippen LogP contribution in [0.1, 0.15) is 221 Å². The highest BCUT2D eigenvalue weighted by molar-refractivity contribution is 6.00. The molecule has 0 heterocycles. The van der Waals surface area contributed by atoms with Crippen molar-refractivity contribution < 1.29 is 14.3 Å². The van der Waals surface area contributed by atoms with Crippen LogP contribution in [-0.2, 0) is 0 Å². The third-order valence-corrected chi connectivity index (χ3v) is 9.38. The molecule has 47 heavy (non-hydrogen) atoms. The molecule has 0 unspecified atom stereocenters. The van der Waals surface area contributed by atoms with E-state index in [1.807, 2.05) is 0 Å². The number of benzene rings is 1. The first-order valence-corrected chi connectivity index (χ1v) is 20.5. The number of amides is 2. The number of nitrogens with one attached hydrogen (secondary N) is 2. The second kappa shape index (κ2) is 32.5. The summed E-state index contributed by atoms with van der Waals surface area (Å²) in [6.45, 7) is 8.69. The average Bonchev–Trinajstić information content (AvgIpc) is 3.08. The molecule has 1 rings (SSSR count). The van der Waals surface area contributed by atoms with Gasteiger partial charge in [0.2, 0.25) is 0 Å². The third-order valence-electron chi connectivity index (χ3n) is 9.38. The second-order valence-corrected chi connectivity index (χ2v) is 13.9. The van der Waals surface area contributed by atoms with Crippen LogP contribution in [0.3, 0.4) is 0 Å². The van der Waals surface area contributed by atoms with Gasteiger partial charge in [0.05, 0.1) is 12.2 Å². The summed E-state index contributed by atoms with van der Waals surface area (Å²) in [6, 6.07) is 5.30. The Labute approximate surface area is 291 Å². The van der Waals surface area contributed by atoms with E-state index < -0.39 is 0 Å². The number of hydrogen-bond acceptors (Lipinski definition) is 3. The van der Waals surface area contributed by atoms with Crippen LogP contribution >= 0.6 is 0 Å². The minimum absolute atomic E-state index is 0.0885. The van der Waals surface area contributed by atoms with Crippen molar-refractivity contribution in [2.24, 2.45) is 0 Å². The van der Waals surface area contributed by atoms with Crippen LogP contribution in [-0.4, -0.2) is 31.5 Å². The Bertz CT molecular complexity index is 871. The van der Waals surface area contributed by atoms with Crippen LogP contribution in [0.5, 0.6) is 5.75 Å². The van der Waals surface area contributed by atoms with Gasteiger partial charge in [-0.25, -0.2) is 0 Å². The first kappa shape index (κ1) is 43.0. The summed E-state index contributed by atoms with van der Waals surface area (Å²) in [7, 11) is 0. The van der Waals surface area contributed by atoms with E-state index in [1.54, 1.807) is 18.2 Å². The fraction of sp³-hybridized carbons (Fsp3) is 0.810. The Morgan fingerprint density at radius 3 is 1.26 bits per heavy atom. The molecule has 272 valence electrons. The maximum atomic E-state index is 13.1. The van der Waals surface area contributed by atoms with E-state index in [9.17, 15) is 9.59 Å². The SMILES string of the molecule is CCCCCCCCCCCCCNC(=O)c1ccc(C(=O)NCCCCCCCCCCCCC)c(OCCCCCCCC)c1. The molecule has 0 spiro atoms. The molecule has 0 fully saturated rings. The molecule has 2 amide bonds. The summed E-state index contributed by atoms with van der Waals surface area (Å²) in [4.78, 5) is 26.1. The Hall–Kier alpha value is -2.04. The van der Waals surface area contributed by atoms with Gasteiger partial charge in [0.1, 0.15) is 5.75 Å². The summed E-state index contributed by atoms with van der Waals surface area (Å²) in [5, 5.41) is 6.19. The van der Waals surface area contributed by atoms with Crippen molar-refractivity contribution in [3.8, 4) is 5.75 Å². The van der Waals surface area contributed by atoms with E-state index in [-0.39, 0.29) is 11.8 Å². The van der Waals surface area contributed by atoms with Crippen LogP contribution in [0.25, 0.3) is 0 Å². The molecule has 0 bridgehead atoms. The summed E-state index contributed by atoms with van der Waals surface area (Å²) in [6.07, 6.45) is 35.5. The Morgan fingerprint density at radius 2 is 0.830 bits per heavy atom. The number of carbonyl (C=O) groups is 2. The monoisotopic (exact) mass is 657 g/mol. The standard InChI is InChI=1S/C42H76N2O3/c1-4-7-10-13-16-18-20-22-24-26-29-34-43-41(45)38-32-33-39(40(37-38)47-36-31-28-15-12-9-6-3)42(46)44-35-30-27-25-23-21-19-17-14-11-8-5-2/h32-33,37H,4-31,34-36H2,1-3H3,(H,43,45)(H,44,46). The minimum Gasteiger partial charge on any atom is -0.493 e. The smallest absolute Gasteiger partial charge is 0.255 e. The molecule has 2 N–H and O–H groups in total. The van der Waals surface area contributed by atoms with Crippen molar-refractivity contribution in [3.63, 3.8) is 0 Å². The van der Waals surface area contributed by atoms with Gasteiger partial charge in [0.15, 0.2) is 0 Å². The maximum Gasteiger partial charge on any atom is 0.255 e. The zero-order valence-electron chi connectivity index (χ0n) is 31.4. The lowest BCUT2D eigenvalue weighted by molar-refractivity contribution is 0.0937. The van der Waals surface area contributed by atoms with Gasteiger partial charge in [0, 0.05) is 18.7 Å². The molecule has 0 saturated carbocycles. The van der Waals surface area contributed by atoms with Crippen LogP contribution in [0, 0.1) is 0 Å². The zero-order chi connectivity index (χ0) is 34.0. The van der Waals surface area contributed by atoms with Gasteiger partial charge in [-0.05, 0) is 37.5 Å². The second-order valence-electron chi connectivity index (χ2n) is 13.9. The lowest BCUT2D eigenvalue weighted by atomic mass is 10.1. The van der Waals surface area contributed by atoms with Gasteiger partial charge in [-0.1, -0.05) is 181 Å². The first-order chi connectivity index (χ1) is 23.1. The number of carbonyl (C=O) groups excluding carboxylic acids is 2. The highest BCUT2D eigenvalue weighted by atomic mass is 16.5. The Kier molecular flexibility index (Phi) is 29.7. The highest BCUT2D eigenvalue weighted by Crippen LogP contribution is 2.22. The number of hydrogen-bond donors (Lipinski definition) is 2. The zero-order valence-corrected chi connectivity index (χ0v) is 31.4. The summed E-state index contributed by atoms with van der Waals surface area (Å²) in [5.41, 5.74) is 1.09. The molecule has 0 aliphatic carbocycles. The Balaban J connectivity index is 2.44. The average molecular weight is 657 g/mol. The molecule has 5 heteroatoms. The largest absolute Gasteiger partial charge is 0.493 e. The molecule has 1 aromatic rings. The lowest BCUT2D eigenvalue weighted by Gasteiger charge is -2.14. The molecular weight excluding hydrogens is 580 g/mol. The van der Waals surface area contributed by atoms with E-state index in [2.05, 4.69) is 31.4 Å². The van der Waals surface area contributed by atoms with Crippen molar-refractivity contribution in [2.75, 3.05) is 19.7 Å². The van der Waals surface area contributed by atoms with Crippen molar-refractivity contribution in [2.45, 2.75) is 201 Å². The highest BCUT2D eigenvalue weighted by Gasteiger charge is 2.16. The van der Waals surface area contributed by atoms with Gasteiger partial charge < -0.3 is 15.4 Å². The molecule has 0 aromatic heterocycles. The number of ether oxygens (including phenoxy) is 1. The predicted molar refractivity (Wildman–Crippen MR) is 203 cm³/mol. The summed E-state index contributed by atoms with van der Waals surface area (Å²) >= 11 is 0. The van der Waals surface area contributed by atoms with Gasteiger partial charge in [0.25, 0.3) is 11.8 Å². The van der Waals surface area contributed by atoms with Crippen molar-refractivity contribution >= 4 is 11.8 Å². The third kappa shape index (κ3) is 24.7. The normalized spacial score (nSPS) is 11.1. The fourth-order valence-electron chi connectivity index (χ4n) is 6.21. The van der Waals surface area contributed by atoms with Crippen LogP contribution in [0.2, 0.25) is 0 Å². The summed E-state index contributed by atoms with van der Waals surface area (Å²) in [5.74, 6) is 0.328. The quantitative estimate of drug-likeness (QED) is 0.0725. The van der Waals surface area contributed by atoms with E-state index >= 15 is 0 Å². The lowest BCUT2D eigenvalue weighted by Crippen LogP contribution is -2.26. The Morgan fingerprint density at radius 1 is 0.468 bits per heavy atom. The maximum absolute atomic E-state index is 13.1. The topological polar surface area (TPSA) is 67.4 Å². The van der Waals surface area contributed by atoms with Gasteiger partial charge in [-0.3, -0.25) is 9.59 Å². The first-order valence-electron chi connectivity index (χ1n) is 20.5. The molecule has 0 saturated heterocycles. The minimum atomic E-state index is -0.108. The number of unbranched alkanes of at least 4 members (excludes halogenated alkanes) is 25.